The Morgan fingerprint density at radius 2 is 1.82 bits per heavy atom. The van der Waals surface area contributed by atoms with E-state index in [4.69, 9.17) is 4.74 Å². The van der Waals surface area contributed by atoms with Gasteiger partial charge < -0.3 is 10.1 Å². The van der Waals surface area contributed by atoms with Crippen molar-refractivity contribution in [3.63, 3.8) is 0 Å². The van der Waals surface area contributed by atoms with Crippen LogP contribution in [0.4, 0.5) is 0 Å². The van der Waals surface area contributed by atoms with Gasteiger partial charge in [-0.1, -0.05) is 34.6 Å². The molecule has 3 rings (SSSR count). The summed E-state index contributed by atoms with van der Waals surface area (Å²) >= 11 is 3.37. The van der Waals surface area contributed by atoms with Gasteiger partial charge in [0.05, 0.1) is 12.8 Å². The van der Waals surface area contributed by atoms with Crippen molar-refractivity contribution >= 4 is 27.5 Å². The maximum Gasteiger partial charge on any atom is 0.255 e. The van der Waals surface area contributed by atoms with Crippen LogP contribution in [0.3, 0.4) is 0 Å². The normalized spacial score (nSPS) is 10.4. The summed E-state index contributed by atoms with van der Waals surface area (Å²) in [6.45, 7) is 8.03. The van der Waals surface area contributed by atoms with Gasteiger partial charge >= 0.3 is 0 Å². The summed E-state index contributed by atoms with van der Waals surface area (Å²) in [4.78, 5) is 17.1. The number of nitrogens with one attached hydrogen (secondary N) is 1. The van der Waals surface area contributed by atoms with Crippen LogP contribution in [0.25, 0.3) is 17.0 Å². The van der Waals surface area contributed by atoms with Crippen LogP contribution >= 0.6 is 15.9 Å². The largest absolute Gasteiger partial charge is 0.496 e. The molecule has 5 heteroatoms. The lowest BCUT2D eigenvalue weighted by Crippen LogP contribution is -2.21. The minimum Gasteiger partial charge on any atom is -0.496 e. The number of nitrogens with zero attached hydrogens (tertiary/aromatic N) is 1. The van der Waals surface area contributed by atoms with E-state index in [1.54, 1.807) is 25.4 Å². The number of methoxy groups -OCH3 is 1. The highest BCUT2D eigenvalue weighted by Gasteiger charge is 2.15. The molecule has 28 heavy (non-hydrogen) atoms. The third-order valence-electron chi connectivity index (χ3n) is 4.51. The number of amides is 1. The van der Waals surface area contributed by atoms with E-state index >= 15 is 0 Å². The molecule has 0 fully saturated rings. The maximum atomic E-state index is 12.5. The minimum atomic E-state index is -0.205. The summed E-state index contributed by atoms with van der Waals surface area (Å²) in [6.07, 6.45) is 1.79. The molecule has 4 nitrogen and oxygen atoms in total. The average molecular weight is 437 g/mol. The first-order valence-electron chi connectivity index (χ1n) is 8.77. The Bertz CT molecular complexity index is 1040. The zero-order valence-electron chi connectivity index (χ0n) is 16.0. The van der Waals surface area contributed by atoms with E-state index in [1.807, 2.05) is 50.2 Å². The Morgan fingerprint density at radius 3 is 2.50 bits per heavy atom. The average Bonchev–Trinajstić information content (AvgIpc) is 2.68. The van der Waals surface area contributed by atoms with Crippen molar-refractivity contribution in [1.82, 2.24) is 10.3 Å². The summed E-state index contributed by atoms with van der Waals surface area (Å²) in [5, 5.41) is 2.89. The molecule has 0 saturated heterocycles. The number of benzene rings is 2. The summed E-state index contributed by atoms with van der Waals surface area (Å²) in [5.74, 6) is 0.551. The van der Waals surface area contributed by atoms with Gasteiger partial charge in [0.25, 0.3) is 5.91 Å². The van der Waals surface area contributed by atoms with Crippen molar-refractivity contribution < 1.29 is 9.53 Å². The second-order valence-corrected chi connectivity index (χ2v) is 7.39. The Morgan fingerprint density at radius 1 is 1.11 bits per heavy atom. The van der Waals surface area contributed by atoms with Gasteiger partial charge in [0, 0.05) is 33.1 Å². The molecule has 1 amide bonds. The molecular weight excluding hydrogens is 416 g/mol. The molecule has 142 valence electrons. The lowest BCUT2D eigenvalue weighted by Gasteiger charge is -2.15. The molecular formula is C23H21BrN2O2. The number of ether oxygens (including phenoxy) is 1. The SMILES string of the molecule is C=C(NC(=O)c1ccc(Br)cc1)c1cc(-c2c(C)cccc2OC)ncc1C. The van der Waals surface area contributed by atoms with Crippen molar-refractivity contribution in [2.75, 3.05) is 7.11 Å². The second kappa shape index (κ2) is 8.40. The zero-order chi connectivity index (χ0) is 20.3. The van der Waals surface area contributed by atoms with Crippen LogP contribution in [0.2, 0.25) is 0 Å². The number of aromatic nitrogens is 1. The standard InChI is InChI=1S/C23H21BrN2O2/c1-14-6-5-7-21(28-4)22(14)20-12-19(15(2)13-25-20)16(3)26-23(27)17-8-10-18(24)11-9-17/h5-13H,3H2,1-2,4H3,(H,26,27). The van der Waals surface area contributed by atoms with Crippen molar-refractivity contribution in [3.8, 4) is 17.0 Å². The zero-order valence-corrected chi connectivity index (χ0v) is 17.6. The van der Waals surface area contributed by atoms with Gasteiger partial charge in [-0.2, -0.15) is 0 Å². The fourth-order valence-corrected chi connectivity index (χ4v) is 3.27. The summed E-state index contributed by atoms with van der Waals surface area (Å²) in [7, 11) is 1.64. The summed E-state index contributed by atoms with van der Waals surface area (Å²) in [5.41, 5.74) is 5.62. The van der Waals surface area contributed by atoms with Crippen LogP contribution in [0, 0.1) is 13.8 Å². The molecule has 0 saturated carbocycles. The van der Waals surface area contributed by atoms with E-state index in [2.05, 4.69) is 32.8 Å². The van der Waals surface area contributed by atoms with Gasteiger partial charge in [-0.05, 0) is 61.4 Å². The van der Waals surface area contributed by atoms with E-state index in [0.29, 0.717) is 11.3 Å². The van der Waals surface area contributed by atoms with E-state index in [1.165, 1.54) is 0 Å². The van der Waals surface area contributed by atoms with Gasteiger partial charge in [-0.25, -0.2) is 0 Å². The molecule has 0 unspecified atom stereocenters. The fourth-order valence-electron chi connectivity index (χ4n) is 3.00. The van der Waals surface area contributed by atoms with E-state index in [0.717, 1.165) is 38.2 Å². The van der Waals surface area contributed by atoms with Crippen LogP contribution in [-0.4, -0.2) is 18.0 Å². The molecule has 0 bridgehead atoms. The predicted octanol–water partition coefficient (Wildman–Crippen LogP) is 5.54. The Kier molecular flexibility index (Phi) is 5.95. The Hall–Kier alpha value is -2.92. The molecule has 0 aliphatic carbocycles. The number of aryl methyl sites for hydroxylation is 2. The number of carbonyl (C=O) groups excluding carboxylic acids is 1. The van der Waals surface area contributed by atoms with Gasteiger partial charge in [0.15, 0.2) is 0 Å². The molecule has 0 radical (unpaired) electrons. The number of hydrogen-bond donors (Lipinski definition) is 1. The lowest BCUT2D eigenvalue weighted by molar-refractivity contribution is 0.0974. The van der Waals surface area contributed by atoms with E-state index < -0.39 is 0 Å². The lowest BCUT2D eigenvalue weighted by atomic mass is 10.00. The first-order chi connectivity index (χ1) is 13.4. The Balaban J connectivity index is 1.93. The van der Waals surface area contributed by atoms with E-state index in [-0.39, 0.29) is 5.91 Å². The summed E-state index contributed by atoms with van der Waals surface area (Å²) in [6, 6.07) is 15.0. The molecule has 0 aliphatic heterocycles. The number of pyridine rings is 1. The van der Waals surface area contributed by atoms with Crippen LogP contribution in [0.5, 0.6) is 5.75 Å². The molecule has 1 N–H and O–H groups in total. The minimum absolute atomic E-state index is 0.205. The van der Waals surface area contributed by atoms with Crippen LogP contribution in [0.1, 0.15) is 27.0 Å². The van der Waals surface area contributed by atoms with Crippen LogP contribution in [-0.2, 0) is 0 Å². The van der Waals surface area contributed by atoms with Crippen molar-refractivity contribution in [3.05, 3.63) is 88.0 Å². The highest BCUT2D eigenvalue weighted by molar-refractivity contribution is 9.10. The van der Waals surface area contributed by atoms with Gasteiger partial charge in [-0.3, -0.25) is 9.78 Å². The van der Waals surface area contributed by atoms with Crippen LogP contribution in [0.15, 0.2) is 65.8 Å². The van der Waals surface area contributed by atoms with E-state index in [9.17, 15) is 4.79 Å². The number of carbonyl (C=O) groups is 1. The smallest absolute Gasteiger partial charge is 0.255 e. The number of rotatable bonds is 5. The first kappa shape index (κ1) is 19.8. The molecule has 0 spiro atoms. The highest BCUT2D eigenvalue weighted by Crippen LogP contribution is 2.33. The second-order valence-electron chi connectivity index (χ2n) is 6.48. The predicted molar refractivity (Wildman–Crippen MR) is 116 cm³/mol. The van der Waals surface area contributed by atoms with Gasteiger partial charge in [-0.15, -0.1) is 0 Å². The molecule has 0 aliphatic rings. The third-order valence-corrected chi connectivity index (χ3v) is 5.04. The topological polar surface area (TPSA) is 51.2 Å². The Labute approximate surface area is 173 Å². The maximum absolute atomic E-state index is 12.5. The monoisotopic (exact) mass is 436 g/mol. The van der Waals surface area contributed by atoms with Crippen molar-refractivity contribution in [2.24, 2.45) is 0 Å². The molecule has 0 atom stereocenters. The van der Waals surface area contributed by atoms with Gasteiger partial charge in [0.1, 0.15) is 5.75 Å². The van der Waals surface area contributed by atoms with Gasteiger partial charge in [0.2, 0.25) is 0 Å². The highest BCUT2D eigenvalue weighted by atomic mass is 79.9. The fraction of sp³-hybridized carbons (Fsp3) is 0.130. The first-order valence-corrected chi connectivity index (χ1v) is 9.57. The molecule has 1 aromatic heterocycles. The molecule has 1 heterocycles. The third kappa shape index (κ3) is 4.15. The number of hydrogen-bond acceptors (Lipinski definition) is 3. The molecule has 3 aromatic rings. The number of halogens is 1. The quantitative estimate of drug-likeness (QED) is 0.571. The summed E-state index contributed by atoms with van der Waals surface area (Å²) < 4.78 is 6.43. The van der Waals surface area contributed by atoms with Crippen molar-refractivity contribution in [1.29, 1.82) is 0 Å². The van der Waals surface area contributed by atoms with Crippen molar-refractivity contribution in [2.45, 2.75) is 13.8 Å². The van der Waals surface area contributed by atoms with Crippen LogP contribution < -0.4 is 10.1 Å². The molecule has 2 aromatic carbocycles.